The van der Waals surface area contributed by atoms with Crippen LogP contribution < -0.4 is 15.0 Å². The number of H-pyrrole nitrogens is 1. The standard InChI is InChI=1S/C23H25N3O5/c1-15(24-14-16-7-5-6-8-20(16)30-3)22-19(13-21(27)31-4)25-26(23(22)28)17-9-11-18(29-2)12-10-17/h5-12,25H,13-14H2,1-4H3. The molecule has 0 bridgehead atoms. The van der Waals surface area contributed by atoms with Crippen molar-refractivity contribution in [2.75, 3.05) is 21.3 Å². The highest BCUT2D eigenvalue weighted by Crippen LogP contribution is 2.19. The van der Waals surface area contributed by atoms with E-state index in [4.69, 9.17) is 14.2 Å². The van der Waals surface area contributed by atoms with Crippen LogP contribution in [0.25, 0.3) is 5.69 Å². The van der Waals surface area contributed by atoms with Crippen LogP contribution >= 0.6 is 0 Å². The molecule has 0 spiro atoms. The first kappa shape index (κ1) is 21.9. The Morgan fingerprint density at radius 2 is 1.74 bits per heavy atom. The van der Waals surface area contributed by atoms with Crippen LogP contribution in [-0.2, 0) is 22.5 Å². The van der Waals surface area contributed by atoms with Crippen molar-refractivity contribution in [3.8, 4) is 17.2 Å². The normalized spacial score (nSPS) is 11.3. The topological polar surface area (TPSA) is 94.9 Å². The molecule has 0 radical (unpaired) electrons. The van der Waals surface area contributed by atoms with E-state index in [1.807, 2.05) is 24.3 Å². The van der Waals surface area contributed by atoms with Crippen molar-refractivity contribution in [2.24, 2.45) is 4.99 Å². The van der Waals surface area contributed by atoms with Gasteiger partial charge in [0, 0.05) is 11.3 Å². The molecule has 0 saturated heterocycles. The van der Waals surface area contributed by atoms with Gasteiger partial charge in [0.15, 0.2) is 0 Å². The van der Waals surface area contributed by atoms with E-state index in [-0.39, 0.29) is 12.0 Å². The minimum absolute atomic E-state index is 0.0776. The zero-order valence-corrected chi connectivity index (χ0v) is 18.0. The monoisotopic (exact) mass is 423 g/mol. The van der Waals surface area contributed by atoms with Crippen molar-refractivity contribution < 1.29 is 19.0 Å². The van der Waals surface area contributed by atoms with Crippen LogP contribution in [0.4, 0.5) is 0 Å². The van der Waals surface area contributed by atoms with Gasteiger partial charge in [-0.25, -0.2) is 4.68 Å². The number of esters is 1. The predicted octanol–water partition coefficient (Wildman–Crippen LogP) is 2.91. The Morgan fingerprint density at radius 1 is 1.03 bits per heavy atom. The summed E-state index contributed by atoms with van der Waals surface area (Å²) >= 11 is 0. The fourth-order valence-electron chi connectivity index (χ4n) is 3.23. The van der Waals surface area contributed by atoms with Crippen molar-refractivity contribution >= 4 is 11.7 Å². The van der Waals surface area contributed by atoms with E-state index in [0.29, 0.717) is 35.0 Å². The number of carbonyl (C=O) groups excluding carboxylic acids is 1. The zero-order valence-electron chi connectivity index (χ0n) is 18.0. The third-order valence-electron chi connectivity index (χ3n) is 4.89. The summed E-state index contributed by atoms with van der Waals surface area (Å²) in [5.74, 6) is 0.938. The maximum Gasteiger partial charge on any atom is 0.311 e. The first-order valence-electron chi connectivity index (χ1n) is 9.67. The van der Waals surface area contributed by atoms with E-state index < -0.39 is 5.97 Å². The number of methoxy groups -OCH3 is 3. The number of nitrogens with zero attached hydrogens (tertiary/aromatic N) is 2. The molecule has 1 N–H and O–H groups in total. The maximum absolute atomic E-state index is 13.2. The van der Waals surface area contributed by atoms with Gasteiger partial charge in [0.2, 0.25) is 0 Å². The molecule has 0 fully saturated rings. The second kappa shape index (κ2) is 9.80. The molecule has 0 aliphatic rings. The smallest absolute Gasteiger partial charge is 0.311 e. The van der Waals surface area contributed by atoms with Crippen LogP contribution in [0.1, 0.15) is 23.7 Å². The van der Waals surface area contributed by atoms with Gasteiger partial charge in [-0.3, -0.25) is 19.7 Å². The van der Waals surface area contributed by atoms with Crippen LogP contribution in [0.15, 0.2) is 58.3 Å². The molecule has 3 aromatic rings. The lowest BCUT2D eigenvalue weighted by Gasteiger charge is -2.06. The molecule has 1 heterocycles. The van der Waals surface area contributed by atoms with Crippen LogP contribution in [-0.4, -0.2) is 42.8 Å². The maximum atomic E-state index is 13.2. The lowest BCUT2D eigenvalue weighted by Crippen LogP contribution is -2.20. The second-order valence-corrected chi connectivity index (χ2v) is 6.77. The summed E-state index contributed by atoms with van der Waals surface area (Å²) in [6, 6.07) is 14.6. The zero-order chi connectivity index (χ0) is 22.4. The number of carbonyl (C=O) groups is 1. The average Bonchev–Trinajstić information content (AvgIpc) is 3.13. The Balaban J connectivity index is 2.02. The SMILES string of the molecule is COC(=O)Cc1[nH]n(-c2ccc(OC)cc2)c(=O)c1C(C)=NCc1ccccc1OC. The molecule has 8 nitrogen and oxygen atoms in total. The number of benzene rings is 2. The number of nitrogens with one attached hydrogen (secondary N) is 1. The molecule has 8 heteroatoms. The van der Waals surface area contributed by atoms with Gasteiger partial charge >= 0.3 is 5.97 Å². The Labute approximate surface area is 180 Å². The third-order valence-corrected chi connectivity index (χ3v) is 4.89. The summed E-state index contributed by atoms with van der Waals surface area (Å²) in [4.78, 5) is 29.8. The Morgan fingerprint density at radius 3 is 2.39 bits per heavy atom. The number of ether oxygens (including phenoxy) is 3. The largest absolute Gasteiger partial charge is 0.497 e. The fourth-order valence-corrected chi connectivity index (χ4v) is 3.23. The number of rotatable bonds is 8. The predicted molar refractivity (Wildman–Crippen MR) is 118 cm³/mol. The summed E-state index contributed by atoms with van der Waals surface area (Å²) in [6.45, 7) is 2.08. The van der Waals surface area contributed by atoms with Crippen LogP contribution in [0.5, 0.6) is 11.5 Å². The van der Waals surface area contributed by atoms with Gasteiger partial charge in [0.25, 0.3) is 5.56 Å². The van der Waals surface area contributed by atoms with Crippen LogP contribution in [0.3, 0.4) is 0 Å². The van der Waals surface area contributed by atoms with Gasteiger partial charge in [-0.2, -0.15) is 0 Å². The number of para-hydroxylation sites is 1. The lowest BCUT2D eigenvalue weighted by molar-refractivity contribution is -0.139. The van der Waals surface area contributed by atoms with Crippen molar-refractivity contribution in [1.82, 2.24) is 9.78 Å². The van der Waals surface area contributed by atoms with Crippen LogP contribution in [0.2, 0.25) is 0 Å². The molecule has 0 atom stereocenters. The summed E-state index contributed by atoms with van der Waals surface area (Å²) in [6.07, 6.45) is -0.0776. The number of hydrogen-bond acceptors (Lipinski definition) is 6. The first-order chi connectivity index (χ1) is 15.0. The molecule has 2 aromatic carbocycles. The molecular formula is C23H25N3O5. The van der Waals surface area contributed by atoms with Crippen LogP contribution in [0, 0.1) is 0 Å². The van der Waals surface area contributed by atoms with E-state index in [9.17, 15) is 9.59 Å². The molecule has 0 aliphatic heterocycles. The number of hydrogen-bond donors (Lipinski definition) is 1. The molecule has 0 saturated carbocycles. The summed E-state index contributed by atoms with van der Waals surface area (Å²) in [5, 5.41) is 3.03. The van der Waals surface area contributed by atoms with Gasteiger partial charge < -0.3 is 14.2 Å². The molecule has 0 unspecified atom stereocenters. The van der Waals surface area contributed by atoms with Crippen molar-refractivity contribution in [3.63, 3.8) is 0 Å². The van der Waals surface area contributed by atoms with E-state index in [2.05, 4.69) is 10.1 Å². The minimum atomic E-state index is -0.457. The highest BCUT2D eigenvalue weighted by atomic mass is 16.5. The van der Waals surface area contributed by atoms with Gasteiger partial charge in [-0.1, -0.05) is 18.2 Å². The molecule has 162 valence electrons. The van der Waals surface area contributed by atoms with E-state index >= 15 is 0 Å². The minimum Gasteiger partial charge on any atom is -0.497 e. The number of aliphatic imine (C=N–C) groups is 1. The Kier molecular flexibility index (Phi) is 6.92. The van der Waals surface area contributed by atoms with E-state index in [1.54, 1.807) is 45.4 Å². The van der Waals surface area contributed by atoms with Gasteiger partial charge in [0.1, 0.15) is 11.5 Å². The van der Waals surface area contributed by atoms with Crippen molar-refractivity contribution in [1.29, 1.82) is 0 Å². The highest BCUT2D eigenvalue weighted by Gasteiger charge is 2.20. The molecular weight excluding hydrogens is 398 g/mol. The molecule has 0 aliphatic carbocycles. The second-order valence-electron chi connectivity index (χ2n) is 6.77. The Bertz CT molecular complexity index is 1140. The summed E-state index contributed by atoms with van der Waals surface area (Å²) < 4.78 is 16.7. The molecule has 3 rings (SSSR count). The third kappa shape index (κ3) is 4.85. The van der Waals surface area contributed by atoms with Gasteiger partial charge in [-0.05, 0) is 37.3 Å². The first-order valence-corrected chi connectivity index (χ1v) is 9.67. The summed E-state index contributed by atoms with van der Waals surface area (Å²) in [7, 11) is 4.48. The molecule has 1 aromatic heterocycles. The van der Waals surface area contributed by atoms with Gasteiger partial charge in [-0.15, -0.1) is 0 Å². The fraction of sp³-hybridized carbons (Fsp3) is 0.261. The number of aromatic nitrogens is 2. The molecule has 31 heavy (non-hydrogen) atoms. The summed E-state index contributed by atoms with van der Waals surface area (Å²) in [5.41, 5.74) is 2.50. The Hall–Kier alpha value is -3.81. The van der Waals surface area contributed by atoms with Gasteiger partial charge in [0.05, 0.1) is 51.2 Å². The quantitative estimate of drug-likeness (QED) is 0.444. The van der Waals surface area contributed by atoms with E-state index in [1.165, 1.54) is 11.8 Å². The van der Waals surface area contributed by atoms with Crippen molar-refractivity contribution in [2.45, 2.75) is 19.9 Å². The average molecular weight is 423 g/mol. The molecule has 0 amide bonds. The van der Waals surface area contributed by atoms with E-state index in [0.717, 1.165) is 11.3 Å². The lowest BCUT2D eigenvalue weighted by atomic mass is 10.1. The van der Waals surface area contributed by atoms with Crippen molar-refractivity contribution in [3.05, 3.63) is 75.7 Å². The highest BCUT2D eigenvalue weighted by molar-refractivity contribution is 6.00. The number of aromatic amines is 1.